The van der Waals surface area contributed by atoms with Gasteiger partial charge in [-0.15, -0.1) is 11.3 Å². The van der Waals surface area contributed by atoms with Crippen molar-refractivity contribution >= 4 is 23.2 Å². The van der Waals surface area contributed by atoms with Crippen LogP contribution in [0.15, 0.2) is 17.5 Å². The van der Waals surface area contributed by atoms with Gasteiger partial charge in [-0.2, -0.15) is 0 Å². The van der Waals surface area contributed by atoms with Crippen molar-refractivity contribution in [2.75, 3.05) is 19.7 Å². The lowest BCUT2D eigenvalue weighted by atomic mass is 10.2. The van der Waals surface area contributed by atoms with Crippen molar-refractivity contribution in [3.05, 3.63) is 22.4 Å². The van der Waals surface area contributed by atoms with Crippen molar-refractivity contribution in [1.29, 1.82) is 0 Å². The largest absolute Gasteiger partial charge is 0.394 e. The number of amides is 2. The molecule has 0 aliphatic heterocycles. The molecule has 0 aromatic carbocycles. The second-order valence-electron chi connectivity index (χ2n) is 3.98. The Bertz CT molecular complexity index is 394. The van der Waals surface area contributed by atoms with Crippen LogP contribution in [-0.2, 0) is 4.79 Å². The molecule has 1 rings (SSSR count). The van der Waals surface area contributed by atoms with Crippen LogP contribution in [0.2, 0.25) is 0 Å². The monoisotopic (exact) mass is 286 g/mol. The van der Waals surface area contributed by atoms with Gasteiger partial charge in [-0.25, -0.2) is 0 Å². The Balaban J connectivity index is 2.07. The standard InChI is InChI=1S/C12H18N2O4S/c15-8-9(16)7-14-11(17)4-1-5-13-12(18)10-3-2-6-19-10/h2-3,6,9,15-16H,1,4-5,7-8H2,(H,13,18)(H,14,17). The Morgan fingerprint density at radius 3 is 2.79 bits per heavy atom. The van der Waals surface area contributed by atoms with Crippen LogP contribution in [0, 0.1) is 0 Å². The molecule has 1 unspecified atom stereocenters. The summed E-state index contributed by atoms with van der Waals surface area (Å²) in [6, 6.07) is 3.54. The minimum atomic E-state index is -0.928. The Kier molecular flexibility index (Phi) is 7.09. The summed E-state index contributed by atoms with van der Waals surface area (Å²) in [7, 11) is 0. The van der Waals surface area contributed by atoms with Crippen molar-refractivity contribution in [2.24, 2.45) is 0 Å². The summed E-state index contributed by atoms with van der Waals surface area (Å²) < 4.78 is 0. The van der Waals surface area contributed by atoms with Crippen molar-refractivity contribution < 1.29 is 19.8 Å². The van der Waals surface area contributed by atoms with E-state index in [0.717, 1.165) is 0 Å². The lowest BCUT2D eigenvalue weighted by Gasteiger charge is -2.09. The molecule has 0 aliphatic carbocycles. The van der Waals surface area contributed by atoms with Gasteiger partial charge in [0, 0.05) is 19.5 Å². The summed E-state index contributed by atoms with van der Waals surface area (Å²) in [4.78, 5) is 23.5. The van der Waals surface area contributed by atoms with Crippen LogP contribution in [0.5, 0.6) is 0 Å². The number of nitrogens with one attached hydrogen (secondary N) is 2. The molecule has 0 fully saturated rings. The molecule has 106 valence electrons. The third-order valence-electron chi connectivity index (χ3n) is 2.36. The summed E-state index contributed by atoms with van der Waals surface area (Å²) in [6.07, 6.45) is -0.136. The zero-order chi connectivity index (χ0) is 14.1. The predicted molar refractivity (Wildman–Crippen MR) is 72.0 cm³/mol. The minimum Gasteiger partial charge on any atom is -0.394 e. The molecule has 0 aliphatic rings. The van der Waals surface area contributed by atoms with E-state index < -0.39 is 6.10 Å². The smallest absolute Gasteiger partial charge is 0.261 e. The van der Waals surface area contributed by atoms with E-state index in [1.165, 1.54) is 11.3 Å². The summed E-state index contributed by atoms with van der Waals surface area (Å²) in [5.74, 6) is -0.344. The summed E-state index contributed by atoms with van der Waals surface area (Å²) in [5.41, 5.74) is 0. The molecule has 0 saturated carbocycles. The fourth-order valence-corrected chi connectivity index (χ4v) is 1.97. The van der Waals surface area contributed by atoms with Gasteiger partial charge in [0.1, 0.15) is 0 Å². The number of hydrogen-bond donors (Lipinski definition) is 4. The van der Waals surface area contributed by atoms with Gasteiger partial charge >= 0.3 is 0 Å². The first-order chi connectivity index (χ1) is 9.13. The van der Waals surface area contributed by atoms with Gasteiger partial charge in [0.25, 0.3) is 5.91 Å². The molecule has 0 radical (unpaired) electrons. The van der Waals surface area contributed by atoms with Crippen LogP contribution >= 0.6 is 11.3 Å². The average Bonchev–Trinajstić information content (AvgIpc) is 2.94. The summed E-state index contributed by atoms with van der Waals surface area (Å²) in [5, 5.41) is 24.6. The predicted octanol–water partition coefficient (Wildman–Crippen LogP) is -0.272. The first kappa shape index (κ1) is 15.6. The topological polar surface area (TPSA) is 98.7 Å². The molecule has 2 amide bonds. The van der Waals surface area contributed by atoms with Gasteiger partial charge in [0.05, 0.1) is 17.6 Å². The Morgan fingerprint density at radius 1 is 1.37 bits per heavy atom. The van der Waals surface area contributed by atoms with E-state index in [4.69, 9.17) is 10.2 Å². The lowest BCUT2D eigenvalue weighted by Crippen LogP contribution is -2.34. The SMILES string of the molecule is O=C(CCCNC(=O)c1cccs1)NCC(O)CO. The molecule has 6 nitrogen and oxygen atoms in total. The quantitative estimate of drug-likeness (QED) is 0.494. The van der Waals surface area contributed by atoms with E-state index in [1.54, 1.807) is 12.1 Å². The Labute approximate surface area is 115 Å². The molecule has 0 bridgehead atoms. The number of carbonyl (C=O) groups excluding carboxylic acids is 2. The molecule has 1 heterocycles. The fourth-order valence-electron chi connectivity index (χ4n) is 1.33. The Hall–Kier alpha value is -1.44. The van der Waals surface area contributed by atoms with Crippen molar-refractivity contribution in [3.63, 3.8) is 0 Å². The normalized spacial score (nSPS) is 11.9. The number of rotatable bonds is 8. The fraction of sp³-hybridized carbons (Fsp3) is 0.500. The maximum absolute atomic E-state index is 11.5. The van der Waals surface area contributed by atoms with E-state index in [2.05, 4.69) is 10.6 Å². The maximum Gasteiger partial charge on any atom is 0.261 e. The molecule has 4 N–H and O–H groups in total. The van der Waals surface area contributed by atoms with Gasteiger partial charge < -0.3 is 20.8 Å². The highest BCUT2D eigenvalue weighted by Crippen LogP contribution is 2.07. The van der Waals surface area contributed by atoms with Crippen molar-refractivity contribution in [3.8, 4) is 0 Å². The number of thiophene rings is 1. The number of hydrogen-bond acceptors (Lipinski definition) is 5. The lowest BCUT2D eigenvalue weighted by molar-refractivity contribution is -0.121. The zero-order valence-electron chi connectivity index (χ0n) is 10.5. The van der Waals surface area contributed by atoms with Gasteiger partial charge in [-0.1, -0.05) is 6.07 Å². The third kappa shape index (κ3) is 6.32. The number of carbonyl (C=O) groups is 2. The van der Waals surface area contributed by atoms with Crippen LogP contribution in [-0.4, -0.2) is 47.8 Å². The molecule has 1 atom stereocenters. The molecular formula is C12H18N2O4S. The van der Waals surface area contributed by atoms with E-state index >= 15 is 0 Å². The van der Waals surface area contributed by atoms with Crippen LogP contribution < -0.4 is 10.6 Å². The Morgan fingerprint density at radius 2 is 2.16 bits per heavy atom. The van der Waals surface area contributed by atoms with E-state index in [0.29, 0.717) is 17.8 Å². The van der Waals surface area contributed by atoms with Gasteiger partial charge in [-0.3, -0.25) is 9.59 Å². The van der Waals surface area contributed by atoms with Crippen LogP contribution in [0.1, 0.15) is 22.5 Å². The summed E-state index contributed by atoms with van der Waals surface area (Å²) >= 11 is 1.37. The average molecular weight is 286 g/mol. The van der Waals surface area contributed by atoms with E-state index in [-0.39, 0.29) is 31.4 Å². The highest BCUT2D eigenvalue weighted by atomic mass is 32.1. The molecule has 0 saturated heterocycles. The first-order valence-corrected chi connectivity index (χ1v) is 6.88. The van der Waals surface area contributed by atoms with Crippen molar-refractivity contribution in [1.82, 2.24) is 10.6 Å². The van der Waals surface area contributed by atoms with Crippen LogP contribution in [0.3, 0.4) is 0 Å². The van der Waals surface area contributed by atoms with Gasteiger partial charge in [-0.05, 0) is 17.9 Å². The second kappa shape index (κ2) is 8.63. The zero-order valence-corrected chi connectivity index (χ0v) is 11.3. The maximum atomic E-state index is 11.5. The first-order valence-electron chi connectivity index (χ1n) is 6.00. The van der Waals surface area contributed by atoms with Gasteiger partial charge in [0.2, 0.25) is 5.91 Å². The van der Waals surface area contributed by atoms with Gasteiger partial charge in [0.15, 0.2) is 0 Å². The van der Waals surface area contributed by atoms with E-state index in [9.17, 15) is 9.59 Å². The van der Waals surface area contributed by atoms with Crippen molar-refractivity contribution in [2.45, 2.75) is 18.9 Å². The van der Waals surface area contributed by atoms with Crippen LogP contribution in [0.4, 0.5) is 0 Å². The number of aliphatic hydroxyl groups is 2. The highest BCUT2D eigenvalue weighted by molar-refractivity contribution is 7.12. The minimum absolute atomic E-state index is 0.0386. The highest BCUT2D eigenvalue weighted by Gasteiger charge is 2.07. The molecule has 7 heteroatoms. The second-order valence-corrected chi connectivity index (χ2v) is 4.92. The molecule has 0 spiro atoms. The molecule has 1 aromatic heterocycles. The molecule has 19 heavy (non-hydrogen) atoms. The molecular weight excluding hydrogens is 268 g/mol. The van der Waals surface area contributed by atoms with E-state index in [1.807, 2.05) is 5.38 Å². The third-order valence-corrected chi connectivity index (χ3v) is 3.23. The summed E-state index contributed by atoms with van der Waals surface area (Å²) in [6.45, 7) is 0.0841. The van der Waals surface area contributed by atoms with Crippen LogP contribution in [0.25, 0.3) is 0 Å². The molecule has 1 aromatic rings. The number of aliphatic hydroxyl groups excluding tert-OH is 2.